The van der Waals surface area contributed by atoms with Crippen LogP contribution in [0.4, 0.5) is 0 Å². The van der Waals surface area contributed by atoms with Gasteiger partial charge in [-0.2, -0.15) is 0 Å². The van der Waals surface area contributed by atoms with Crippen LogP contribution >= 0.6 is 0 Å². The normalized spacial score (nSPS) is 29.9. The average Bonchev–Trinajstić information content (AvgIpc) is 3.32. The molecule has 23 heteroatoms. The van der Waals surface area contributed by atoms with Crippen molar-refractivity contribution in [2.45, 2.75) is 185 Å². The number of hydrogen-bond donors (Lipinski definition) is 10. The van der Waals surface area contributed by atoms with Gasteiger partial charge in [-0.1, -0.05) is 0 Å². The van der Waals surface area contributed by atoms with Gasteiger partial charge in [-0.05, 0) is 84.9 Å². The molecule has 1 aliphatic carbocycles. The molecule has 2 aliphatic heterocycles. The zero-order valence-electron chi connectivity index (χ0n) is 41.6. The molecule has 0 radical (unpaired) electrons. The number of aliphatic hydroxyl groups is 8. The smallest absolute Gasteiger partial charge is 0.202 e. The van der Waals surface area contributed by atoms with Gasteiger partial charge in [0.1, 0.15) is 73.6 Å². The summed E-state index contributed by atoms with van der Waals surface area (Å²) in [4.78, 5) is 27.0. The fourth-order valence-electron chi connectivity index (χ4n) is 8.80. The number of Topliss-reactive ketones (excluding diaryl/α,β-unsaturated/α-hetero) is 2. The molecule has 0 aromatic heterocycles. The number of aliphatic hydroxyl groups excluding tert-OH is 8. The summed E-state index contributed by atoms with van der Waals surface area (Å²) in [5.41, 5.74) is 0.254. The SMILES string of the molecule is CO[C@@H]([C@@H]1Cc2cc3cc(O[C@H]4CC(OC(C)OC(C)[C@@H](O)CO)[C@H](O)C(C)O4)c(C)c(O)c3c(O)c2C(=O)[C@H]1OCOC(C)[C@@H](O)CO[C@H]1CC(OCOC(C)[C@@H](O)CO)[C@@H](O)C(C)O1)[C@@H](O)C(C)=O. The highest BCUT2D eigenvalue weighted by atomic mass is 16.7. The molecule has 0 amide bonds. The third kappa shape index (κ3) is 14.3. The Morgan fingerprint density at radius 2 is 1.37 bits per heavy atom. The van der Waals surface area contributed by atoms with Crippen LogP contribution in [0.5, 0.6) is 17.2 Å². The molecule has 19 atom stereocenters. The number of hydrogen-bond acceptors (Lipinski definition) is 23. The summed E-state index contributed by atoms with van der Waals surface area (Å²) in [7, 11) is 1.26. The van der Waals surface area contributed by atoms with E-state index in [1.54, 1.807) is 40.7 Å². The van der Waals surface area contributed by atoms with Crippen LogP contribution in [0, 0.1) is 12.8 Å². The second-order valence-corrected chi connectivity index (χ2v) is 18.6. The Bertz CT molecular complexity index is 2040. The summed E-state index contributed by atoms with van der Waals surface area (Å²) in [6, 6.07) is 3.10. The highest BCUT2D eigenvalue weighted by Crippen LogP contribution is 2.47. The van der Waals surface area contributed by atoms with Gasteiger partial charge in [0, 0.05) is 31.4 Å². The van der Waals surface area contributed by atoms with Gasteiger partial charge in [-0.25, -0.2) is 0 Å². The van der Waals surface area contributed by atoms with Gasteiger partial charge in [-0.15, -0.1) is 0 Å². The van der Waals surface area contributed by atoms with Crippen molar-refractivity contribution in [2.24, 2.45) is 5.92 Å². The summed E-state index contributed by atoms with van der Waals surface area (Å²) in [6.07, 6.45) is -18.6. The summed E-state index contributed by atoms with van der Waals surface area (Å²) in [6.45, 7) is 9.91. The lowest BCUT2D eigenvalue weighted by Gasteiger charge is -2.39. The number of phenols is 2. The maximum absolute atomic E-state index is 14.5. The first-order valence-electron chi connectivity index (χ1n) is 23.8. The van der Waals surface area contributed by atoms with Crippen LogP contribution in [0.3, 0.4) is 0 Å². The highest BCUT2D eigenvalue weighted by molar-refractivity contribution is 6.11. The van der Waals surface area contributed by atoms with Crippen LogP contribution in [0.15, 0.2) is 12.1 Å². The molecule has 0 saturated carbocycles. The zero-order chi connectivity index (χ0) is 52.6. The van der Waals surface area contributed by atoms with Gasteiger partial charge < -0.3 is 103 Å². The minimum Gasteiger partial charge on any atom is -0.507 e. The van der Waals surface area contributed by atoms with Crippen molar-refractivity contribution >= 4 is 22.3 Å². The van der Waals surface area contributed by atoms with Gasteiger partial charge >= 0.3 is 0 Å². The third-order valence-electron chi connectivity index (χ3n) is 13.4. The van der Waals surface area contributed by atoms with Crippen molar-refractivity contribution in [1.82, 2.24) is 0 Å². The van der Waals surface area contributed by atoms with Crippen molar-refractivity contribution < 1.29 is 113 Å². The van der Waals surface area contributed by atoms with Crippen molar-refractivity contribution in [3.8, 4) is 17.2 Å². The van der Waals surface area contributed by atoms with Crippen LogP contribution in [-0.2, 0) is 58.6 Å². The minimum atomic E-state index is -1.69. The number of carbonyl (C=O) groups is 2. The summed E-state index contributed by atoms with van der Waals surface area (Å²) in [5.74, 6) is -3.31. The molecule has 2 fully saturated rings. The first-order chi connectivity index (χ1) is 33.5. The number of methoxy groups -OCH3 is 1. The highest BCUT2D eigenvalue weighted by Gasteiger charge is 2.47. The summed E-state index contributed by atoms with van der Waals surface area (Å²) in [5, 5.41) is 105. The van der Waals surface area contributed by atoms with Crippen molar-refractivity contribution in [2.75, 3.05) is 40.5 Å². The fraction of sp³-hybridized carbons (Fsp3) is 0.750. The largest absolute Gasteiger partial charge is 0.507 e. The van der Waals surface area contributed by atoms with Crippen LogP contribution in [0.1, 0.15) is 82.8 Å². The Kier molecular flexibility index (Phi) is 21.7. The van der Waals surface area contributed by atoms with Crippen molar-refractivity contribution in [1.29, 1.82) is 0 Å². The second kappa shape index (κ2) is 26.3. The van der Waals surface area contributed by atoms with E-state index in [1.807, 2.05) is 0 Å². The van der Waals surface area contributed by atoms with Gasteiger partial charge in [0.15, 0.2) is 24.1 Å². The molecule has 71 heavy (non-hydrogen) atoms. The van der Waals surface area contributed by atoms with E-state index in [0.29, 0.717) is 0 Å². The molecule has 2 saturated heterocycles. The number of fused-ring (bicyclic) bond motifs is 2. The van der Waals surface area contributed by atoms with E-state index in [4.69, 9.17) is 57.2 Å². The molecule has 8 unspecified atom stereocenters. The molecule has 3 aliphatic rings. The first kappa shape index (κ1) is 58.6. The van der Waals surface area contributed by atoms with Gasteiger partial charge in [-0.3, -0.25) is 9.59 Å². The van der Waals surface area contributed by atoms with Crippen LogP contribution < -0.4 is 4.74 Å². The fourth-order valence-corrected chi connectivity index (χ4v) is 8.80. The molecule has 0 bridgehead atoms. The number of ketones is 2. The summed E-state index contributed by atoms with van der Waals surface area (Å²) < 4.78 is 63.8. The lowest BCUT2D eigenvalue weighted by molar-refractivity contribution is -0.274. The van der Waals surface area contributed by atoms with Gasteiger partial charge in [0.25, 0.3) is 0 Å². The molecule has 2 aromatic rings. The van der Waals surface area contributed by atoms with E-state index < -0.39 is 159 Å². The molecule has 404 valence electrons. The van der Waals surface area contributed by atoms with E-state index in [1.165, 1.54) is 27.0 Å². The first-order valence-corrected chi connectivity index (χ1v) is 23.8. The number of ether oxygens (including phenoxy) is 11. The Morgan fingerprint density at radius 1 is 0.789 bits per heavy atom. The third-order valence-corrected chi connectivity index (χ3v) is 13.4. The van der Waals surface area contributed by atoms with Crippen molar-refractivity contribution in [3.63, 3.8) is 0 Å². The summed E-state index contributed by atoms with van der Waals surface area (Å²) >= 11 is 0. The number of aromatic hydroxyl groups is 2. The lowest BCUT2D eigenvalue weighted by atomic mass is 9.75. The number of phenolic OH excluding ortho intramolecular Hbond substituents is 2. The van der Waals surface area contributed by atoms with Crippen LogP contribution in [-0.4, -0.2) is 214 Å². The Morgan fingerprint density at radius 3 is 1.99 bits per heavy atom. The monoisotopic (exact) mass is 1020 g/mol. The van der Waals surface area contributed by atoms with Crippen LogP contribution in [0.25, 0.3) is 10.8 Å². The number of carbonyl (C=O) groups excluding carboxylic acids is 2. The van der Waals surface area contributed by atoms with Crippen molar-refractivity contribution in [3.05, 3.63) is 28.8 Å². The maximum Gasteiger partial charge on any atom is 0.202 e. The molecule has 2 aromatic carbocycles. The topological polar surface area (TPSA) is 338 Å². The molecule has 2 heterocycles. The standard InChI is InChI=1S/C48H74O23/c1-20-34(71-38-14-36(44(58)26(7)69-38)70-27(8)67-24(5)32(53)16-50)12-29-10-28-11-30(47(61-9)42(56)21(2)51)48(46(60)40(28)45(59)39(29)41(20)55)66-19-64-23(4)33(54)17-62-37-13-35(43(57)25(6)68-37)65-18-63-22(3)31(52)15-49/h10,12,22-27,30-33,35-38,42-44,47-50,52-59H,11,13-19H2,1-9H3/t22?,23?,24?,25?,26?,27?,30-,31-,32-,33-,35?,36?,37+,38-,42-,43-,44+,47-,48-/m0/s1. The Hall–Kier alpha value is -3.28. The zero-order valence-corrected chi connectivity index (χ0v) is 41.6. The van der Waals surface area contributed by atoms with Gasteiger partial charge in [0.05, 0.1) is 79.6 Å². The predicted octanol–water partition coefficient (Wildman–Crippen LogP) is -0.0345. The predicted molar refractivity (Wildman–Crippen MR) is 245 cm³/mol. The lowest BCUT2D eigenvalue weighted by Crippen LogP contribution is -2.51. The number of benzene rings is 2. The average molecular weight is 1020 g/mol. The quantitative estimate of drug-likeness (QED) is 0.0553. The number of rotatable bonds is 26. The minimum absolute atomic E-state index is 0.00250. The van der Waals surface area contributed by atoms with E-state index in [0.717, 1.165) is 6.92 Å². The van der Waals surface area contributed by atoms with E-state index in [9.17, 15) is 55.5 Å². The van der Waals surface area contributed by atoms with E-state index in [2.05, 4.69) is 0 Å². The molecule has 23 nitrogen and oxygen atoms in total. The molecule has 0 spiro atoms. The Labute approximate surface area is 411 Å². The molecular weight excluding hydrogens is 945 g/mol. The van der Waals surface area contributed by atoms with Crippen LogP contribution in [0.2, 0.25) is 0 Å². The molecule has 5 rings (SSSR count). The molecular formula is C48H74O23. The van der Waals surface area contributed by atoms with E-state index >= 15 is 0 Å². The Balaban J connectivity index is 1.29. The molecule has 10 N–H and O–H groups in total. The second-order valence-electron chi connectivity index (χ2n) is 18.6. The maximum atomic E-state index is 14.5. The van der Waals surface area contributed by atoms with Gasteiger partial charge in [0.2, 0.25) is 6.29 Å². The van der Waals surface area contributed by atoms with E-state index in [-0.39, 0.29) is 65.9 Å².